The second-order valence-corrected chi connectivity index (χ2v) is 3.50. The van der Waals surface area contributed by atoms with Crippen LogP contribution in [-0.2, 0) is 9.47 Å². The average Bonchev–Trinajstić information content (AvgIpc) is 2.27. The molecule has 0 amide bonds. The van der Waals surface area contributed by atoms with Crippen LogP contribution in [0.2, 0.25) is 0 Å². The Bertz CT molecular complexity index is 363. The smallest absolute Gasteiger partial charge is 0.337 e. The Balaban J connectivity index is 2.77. The summed E-state index contributed by atoms with van der Waals surface area (Å²) in [6.07, 6.45) is 0. The highest BCUT2D eigenvalue weighted by Gasteiger charge is 2.06. The van der Waals surface area contributed by atoms with E-state index >= 15 is 0 Å². The Kier molecular flexibility index (Phi) is 4.79. The van der Waals surface area contributed by atoms with Gasteiger partial charge < -0.3 is 14.8 Å². The number of rotatable bonds is 5. The molecule has 0 aromatic heterocycles. The van der Waals surface area contributed by atoms with Gasteiger partial charge in [-0.2, -0.15) is 0 Å². The number of carbonyl (C=O) groups excluding carboxylic acids is 1. The van der Waals surface area contributed by atoms with E-state index in [-0.39, 0.29) is 5.97 Å². The standard InChI is InChI=1S/C12H17NO3/c1-9-6-10(12(14)16-3)8-11(7-9)13-4-5-15-2/h6-8,13H,4-5H2,1-3H3. The number of hydrogen-bond donors (Lipinski definition) is 1. The minimum absolute atomic E-state index is 0.321. The van der Waals surface area contributed by atoms with Crippen molar-refractivity contribution in [1.82, 2.24) is 0 Å². The minimum atomic E-state index is -0.321. The van der Waals surface area contributed by atoms with E-state index in [0.29, 0.717) is 18.7 Å². The Morgan fingerprint density at radius 1 is 1.31 bits per heavy atom. The predicted molar refractivity (Wildman–Crippen MR) is 62.9 cm³/mol. The minimum Gasteiger partial charge on any atom is -0.465 e. The maximum atomic E-state index is 11.4. The van der Waals surface area contributed by atoms with Gasteiger partial charge in [-0.1, -0.05) is 0 Å². The van der Waals surface area contributed by atoms with Crippen LogP contribution in [-0.4, -0.2) is 33.3 Å². The van der Waals surface area contributed by atoms with Gasteiger partial charge in [0.25, 0.3) is 0 Å². The molecule has 0 unspecified atom stereocenters. The molecule has 1 N–H and O–H groups in total. The zero-order valence-corrected chi connectivity index (χ0v) is 9.87. The van der Waals surface area contributed by atoms with E-state index in [4.69, 9.17) is 4.74 Å². The van der Waals surface area contributed by atoms with Gasteiger partial charge in [0, 0.05) is 19.3 Å². The molecular weight excluding hydrogens is 206 g/mol. The third-order valence-corrected chi connectivity index (χ3v) is 2.13. The number of ether oxygens (including phenoxy) is 2. The Morgan fingerprint density at radius 2 is 2.06 bits per heavy atom. The second-order valence-electron chi connectivity index (χ2n) is 3.50. The number of anilines is 1. The largest absolute Gasteiger partial charge is 0.465 e. The maximum absolute atomic E-state index is 11.4. The number of benzene rings is 1. The Morgan fingerprint density at radius 3 is 2.69 bits per heavy atom. The van der Waals surface area contributed by atoms with Crippen molar-refractivity contribution in [2.45, 2.75) is 6.92 Å². The molecule has 4 heteroatoms. The van der Waals surface area contributed by atoms with Gasteiger partial charge in [-0.3, -0.25) is 0 Å². The lowest BCUT2D eigenvalue weighted by Gasteiger charge is -2.08. The van der Waals surface area contributed by atoms with E-state index in [0.717, 1.165) is 11.3 Å². The van der Waals surface area contributed by atoms with Crippen LogP contribution in [0.4, 0.5) is 5.69 Å². The molecular formula is C12H17NO3. The summed E-state index contributed by atoms with van der Waals surface area (Å²) in [6.45, 7) is 3.27. The van der Waals surface area contributed by atoms with Crippen molar-refractivity contribution in [3.63, 3.8) is 0 Å². The van der Waals surface area contributed by atoms with Crippen LogP contribution in [0.25, 0.3) is 0 Å². The summed E-state index contributed by atoms with van der Waals surface area (Å²) in [6, 6.07) is 5.55. The first-order valence-corrected chi connectivity index (χ1v) is 5.10. The van der Waals surface area contributed by atoms with Crippen molar-refractivity contribution < 1.29 is 14.3 Å². The van der Waals surface area contributed by atoms with Gasteiger partial charge in [0.15, 0.2) is 0 Å². The van der Waals surface area contributed by atoms with Crippen LogP contribution in [0.3, 0.4) is 0 Å². The van der Waals surface area contributed by atoms with E-state index in [9.17, 15) is 4.79 Å². The summed E-state index contributed by atoms with van der Waals surface area (Å²) >= 11 is 0. The van der Waals surface area contributed by atoms with Crippen LogP contribution in [0.1, 0.15) is 15.9 Å². The van der Waals surface area contributed by atoms with Crippen molar-refractivity contribution >= 4 is 11.7 Å². The molecule has 1 aromatic rings. The summed E-state index contributed by atoms with van der Waals surface area (Å²) in [5, 5.41) is 3.17. The van der Waals surface area contributed by atoms with Crippen LogP contribution < -0.4 is 5.32 Å². The summed E-state index contributed by atoms with van der Waals surface area (Å²) in [5.41, 5.74) is 2.47. The van der Waals surface area contributed by atoms with Gasteiger partial charge in [-0.25, -0.2) is 4.79 Å². The van der Waals surface area contributed by atoms with Crippen LogP contribution in [0, 0.1) is 6.92 Å². The van der Waals surface area contributed by atoms with Crippen molar-refractivity contribution in [1.29, 1.82) is 0 Å². The molecule has 4 nitrogen and oxygen atoms in total. The number of methoxy groups -OCH3 is 2. The zero-order valence-electron chi connectivity index (χ0n) is 9.87. The molecule has 0 aliphatic rings. The quantitative estimate of drug-likeness (QED) is 0.611. The monoisotopic (exact) mass is 223 g/mol. The SMILES string of the molecule is COCCNc1cc(C)cc(C(=O)OC)c1. The topological polar surface area (TPSA) is 47.6 Å². The van der Waals surface area contributed by atoms with Gasteiger partial charge in [0.1, 0.15) is 0 Å². The van der Waals surface area contributed by atoms with E-state index < -0.39 is 0 Å². The third kappa shape index (κ3) is 3.55. The van der Waals surface area contributed by atoms with Gasteiger partial charge >= 0.3 is 5.97 Å². The van der Waals surface area contributed by atoms with E-state index in [1.807, 2.05) is 13.0 Å². The molecule has 16 heavy (non-hydrogen) atoms. The fourth-order valence-corrected chi connectivity index (χ4v) is 1.42. The van der Waals surface area contributed by atoms with E-state index in [2.05, 4.69) is 10.1 Å². The van der Waals surface area contributed by atoms with E-state index in [1.165, 1.54) is 7.11 Å². The first-order valence-electron chi connectivity index (χ1n) is 5.10. The Hall–Kier alpha value is -1.55. The zero-order chi connectivity index (χ0) is 12.0. The molecule has 0 aliphatic carbocycles. The molecule has 1 rings (SSSR count). The number of nitrogens with one attached hydrogen (secondary N) is 1. The second kappa shape index (κ2) is 6.12. The van der Waals surface area contributed by atoms with Crippen molar-refractivity contribution in [3.8, 4) is 0 Å². The number of aryl methyl sites for hydroxylation is 1. The molecule has 0 atom stereocenters. The average molecular weight is 223 g/mol. The first kappa shape index (κ1) is 12.5. The number of esters is 1. The van der Waals surface area contributed by atoms with Crippen molar-refractivity contribution in [2.24, 2.45) is 0 Å². The fraction of sp³-hybridized carbons (Fsp3) is 0.417. The third-order valence-electron chi connectivity index (χ3n) is 2.13. The fourth-order valence-electron chi connectivity index (χ4n) is 1.42. The number of hydrogen-bond acceptors (Lipinski definition) is 4. The summed E-state index contributed by atoms with van der Waals surface area (Å²) in [5.74, 6) is -0.321. The maximum Gasteiger partial charge on any atom is 0.337 e. The molecule has 0 saturated heterocycles. The Labute approximate surface area is 95.6 Å². The lowest BCUT2D eigenvalue weighted by molar-refractivity contribution is 0.0600. The molecule has 1 aromatic carbocycles. The van der Waals surface area contributed by atoms with Gasteiger partial charge in [-0.15, -0.1) is 0 Å². The van der Waals surface area contributed by atoms with Crippen molar-refractivity contribution in [2.75, 3.05) is 32.7 Å². The molecule has 0 saturated carbocycles. The van der Waals surface area contributed by atoms with Crippen LogP contribution >= 0.6 is 0 Å². The summed E-state index contributed by atoms with van der Waals surface area (Å²) in [4.78, 5) is 11.4. The van der Waals surface area contributed by atoms with Gasteiger partial charge in [-0.05, 0) is 30.7 Å². The molecule has 0 spiro atoms. The first-order chi connectivity index (χ1) is 7.67. The highest BCUT2D eigenvalue weighted by atomic mass is 16.5. The van der Waals surface area contributed by atoms with Gasteiger partial charge in [0.2, 0.25) is 0 Å². The van der Waals surface area contributed by atoms with Crippen molar-refractivity contribution in [3.05, 3.63) is 29.3 Å². The van der Waals surface area contributed by atoms with Gasteiger partial charge in [0.05, 0.1) is 19.3 Å². The number of carbonyl (C=O) groups is 1. The molecule has 0 fully saturated rings. The van der Waals surface area contributed by atoms with Crippen LogP contribution in [0.15, 0.2) is 18.2 Å². The molecule has 0 aliphatic heterocycles. The molecule has 88 valence electrons. The highest BCUT2D eigenvalue weighted by molar-refractivity contribution is 5.90. The predicted octanol–water partition coefficient (Wildman–Crippen LogP) is 1.84. The molecule has 0 bridgehead atoms. The van der Waals surface area contributed by atoms with E-state index in [1.54, 1.807) is 19.2 Å². The molecule has 0 heterocycles. The molecule has 0 radical (unpaired) electrons. The summed E-state index contributed by atoms with van der Waals surface area (Å²) < 4.78 is 9.62. The summed E-state index contributed by atoms with van der Waals surface area (Å²) in [7, 11) is 3.03. The lowest BCUT2D eigenvalue weighted by atomic mass is 10.1. The highest BCUT2D eigenvalue weighted by Crippen LogP contribution is 2.15. The van der Waals surface area contributed by atoms with Crippen LogP contribution in [0.5, 0.6) is 0 Å². The lowest BCUT2D eigenvalue weighted by Crippen LogP contribution is -2.09. The normalized spacial score (nSPS) is 9.94.